The highest BCUT2D eigenvalue weighted by atomic mass is 16.5. The smallest absolute Gasteiger partial charge is 0.331 e. The van der Waals surface area contributed by atoms with Crippen LogP contribution in [-0.4, -0.2) is 72.9 Å². The predicted molar refractivity (Wildman–Crippen MR) is 82.7 cm³/mol. The van der Waals surface area contributed by atoms with Gasteiger partial charge in [0, 0.05) is 38.1 Å². The molecule has 2 aliphatic rings. The van der Waals surface area contributed by atoms with Crippen molar-refractivity contribution in [3.63, 3.8) is 0 Å². The summed E-state index contributed by atoms with van der Waals surface area (Å²) < 4.78 is 9.84. The third kappa shape index (κ3) is 5.68. The Kier molecular flexibility index (Phi) is 6.77. The van der Waals surface area contributed by atoms with Gasteiger partial charge in [-0.2, -0.15) is 0 Å². The van der Waals surface area contributed by atoms with Gasteiger partial charge in [-0.15, -0.1) is 0 Å². The molecule has 132 valence electrons. The minimum absolute atomic E-state index is 0.0710. The molecular formula is C16H22N2O6. The molecule has 0 N–H and O–H groups in total. The predicted octanol–water partition coefficient (Wildman–Crippen LogP) is -0.126. The zero-order valence-corrected chi connectivity index (χ0v) is 13.6. The number of likely N-dealkylation sites (tertiary alicyclic amines) is 2. The van der Waals surface area contributed by atoms with Crippen molar-refractivity contribution in [3.05, 3.63) is 12.2 Å². The Balaban J connectivity index is 1.55. The molecule has 24 heavy (non-hydrogen) atoms. The summed E-state index contributed by atoms with van der Waals surface area (Å²) in [6.45, 7) is 2.32. The summed E-state index contributed by atoms with van der Waals surface area (Å²) >= 11 is 0. The van der Waals surface area contributed by atoms with E-state index in [4.69, 9.17) is 9.47 Å². The van der Waals surface area contributed by atoms with Crippen molar-refractivity contribution in [2.75, 3.05) is 39.4 Å². The van der Waals surface area contributed by atoms with Crippen LogP contribution in [0.2, 0.25) is 0 Å². The van der Waals surface area contributed by atoms with E-state index in [1.807, 2.05) is 0 Å². The maximum atomic E-state index is 11.5. The first-order valence-corrected chi connectivity index (χ1v) is 8.13. The van der Waals surface area contributed by atoms with Gasteiger partial charge in [-0.3, -0.25) is 9.59 Å². The van der Waals surface area contributed by atoms with E-state index in [1.54, 1.807) is 9.80 Å². The lowest BCUT2D eigenvalue weighted by molar-refractivity contribution is -0.142. The van der Waals surface area contributed by atoms with Crippen LogP contribution in [0.3, 0.4) is 0 Å². The van der Waals surface area contributed by atoms with Crippen LogP contribution in [0.1, 0.15) is 25.7 Å². The van der Waals surface area contributed by atoms with Crippen LogP contribution in [-0.2, 0) is 28.7 Å². The lowest BCUT2D eigenvalue weighted by Gasteiger charge is -2.14. The van der Waals surface area contributed by atoms with Crippen LogP contribution in [0.15, 0.2) is 12.2 Å². The average molecular weight is 338 g/mol. The largest absolute Gasteiger partial charge is 0.461 e. The molecule has 2 amide bonds. The van der Waals surface area contributed by atoms with Gasteiger partial charge in [0.1, 0.15) is 13.2 Å². The number of hydrogen-bond donors (Lipinski definition) is 0. The van der Waals surface area contributed by atoms with Gasteiger partial charge in [0.2, 0.25) is 11.8 Å². The number of hydrogen-bond acceptors (Lipinski definition) is 6. The molecular weight excluding hydrogens is 316 g/mol. The van der Waals surface area contributed by atoms with E-state index >= 15 is 0 Å². The Labute approximate surface area is 140 Å². The van der Waals surface area contributed by atoms with Gasteiger partial charge in [-0.05, 0) is 12.8 Å². The number of amides is 2. The molecule has 0 aromatic heterocycles. The quantitative estimate of drug-likeness (QED) is 0.452. The first-order chi connectivity index (χ1) is 11.6. The number of esters is 2. The average Bonchev–Trinajstić information content (AvgIpc) is 3.14. The Morgan fingerprint density at radius 2 is 1.25 bits per heavy atom. The van der Waals surface area contributed by atoms with E-state index in [0.29, 0.717) is 39.0 Å². The molecule has 0 aromatic carbocycles. The van der Waals surface area contributed by atoms with Crippen molar-refractivity contribution in [1.29, 1.82) is 0 Å². The number of carbonyl (C=O) groups is 4. The zero-order chi connectivity index (χ0) is 17.4. The molecule has 0 radical (unpaired) electrons. The molecule has 8 heteroatoms. The lowest BCUT2D eigenvalue weighted by Crippen LogP contribution is -2.29. The van der Waals surface area contributed by atoms with Crippen LogP contribution in [0, 0.1) is 0 Å². The molecule has 0 aliphatic carbocycles. The van der Waals surface area contributed by atoms with Crippen LogP contribution in [0.25, 0.3) is 0 Å². The summed E-state index contributed by atoms with van der Waals surface area (Å²) in [4.78, 5) is 48.9. The monoisotopic (exact) mass is 338 g/mol. The van der Waals surface area contributed by atoms with Crippen molar-refractivity contribution in [1.82, 2.24) is 9.80 Å². The van der Waals surface area contributed by atoms with Gasteiger partial charge in [-0.25, -0.2) is 9.59 Å². The van der Waals surface area contributed by atoms with Gasteiger partial charge in [-0.1, -0.05) is 0 Å². The Morgan fingerprint density at radius 1 is 0.833 bits per heavy atom. The summed E-state index contributed by atoms with van der Waals surface area (Å²) in [6, 6.07) is 0. The summed E-state index contributed by atoms with van der Waals surface area (Å²) in [5.41, 5.74) is 0. The second-order valence-electron chi connectivity index (χ2n) is 5.64. The standard InChI is InChI=1S/C16H22N2O6/c19-13-3-1-7-17(13)9-11-23-15(21)5-6-16(22)24-12-10-18-8-2-4-14(18)20/h5-6H,1-4,7-12H2. The molecule has 0 spiro atoms. The SMILES string of the molecule is O=C(C=CC(=O)OCCN1CCCC1=O)OCCN1CCCC1=O. The van der Waals surface area contributed by atoms with Gasteiger partial charge < -0.3 is 19.3 Å². The maximum absolute atomic E-state index is 11.5. The fraction of sp³-hybridized carbons (Fsp3) is 0.625. The highest BCUT2D eigenvalue weighted by Gasteiger charge is 2.20. The molecule has 2 aliphatic heterocycles. The van der Waals surface area contributed by atoms with E-state index in [0.717, 1.165) is 25.0 Å². The minimum Gasteiger partial charge on any atom is -0.461 e. The fourth-order valence-electron chi connectivity index (χ4n) is 2.63. The number of nitrogens with zero attached hydrogens (tertiary/aromatic N) is 2. The maximum Gasteiger partial charge on any atom is 0.331 e. The summed E-state index contributed by atoms with van der Waals surface area (Å²) in [5.74, 6) is -1.18. The number of ether oxygens (including phenoxy) is 2. The fourth-order valence-corrected chi connectivity index (χ4v) is 2.63. The van der Waals surface area contributed by atoms with Crippen molar-refractivity contribution < 1.29 is 28.7 Å². The molecule has 0 unspecified atom stereocenters. The lowest BCUT2D eigenvalue weighted by atomic mass is 10.4. The van der Waals surface area contributed by atoms with Crippen molar-refractivity contribution >= 4 is 23.8 Å². The number of rotatable bonds is 8. The molecule has 8 nitrogen and oxygen atoms in total. The van der Waals surface area contributed by atoms with Crippen molar-refractivity contribution in [2.45, 2.75) is 25.7 Å². The van der Waals surface area contributed by atoms with E-state index < -0.39 is 11.9 Å². The normalized spacial score (nSPS) is 17.8. The number of carbonyl (C=O) groups excluding carboxylic acids is 4. The third-order valence-corrected chi connectivity index (χ3v) is 3.91. The Hall–Kier alpha value is -2.38. The molecule has 2 saturated heterocycles. The van der Waals surface area contributed by atoms with E-state index in [1.165, 1.54) is 0 Å². The molecule has 0 bridgehead atoms. The highest BCUT2D eigenvalue weighted by molar-refractivity contribution is 5.91. The second kappa shape index (κ2) is 9.05. The Bertz CT molecular complexity index is 485. The molecule has 0 atom stereocenters. The summed E-state index contributed by atoms with van der Waals surface area (Å²) in [7, 11) is 0. The Morgan fingerprint density at radius 3 is 1.58 bits per heavy atom. The van der Waals surface area contributed by atoms with Crippen molar-refractivity contribution in [2.24, 2.45) is 0 Å². The summed E-state index contributed by atoms with van der Waals surface area (Å²) in [5, 5.41) is 0. The first kappa shape index (κ1) is 18.0. The minimum atomic E-state index is -0.659. The van der Waals surface area contributed by atoms with Crippen LogP contribution in [0.4, 0.5) is 0 Å². The van der Waals surface area contributed by atoms with E-state index in [9.17, 15) is 19.2 Å². The van der Waals surface area contributed by atoms with Crippen LogP contribution in [0.5, 0.6) is 0 Å². The second-order valence-corrected chi connectivity index (χ2v) is 5.64. The van der Waals surface area contributed by atoms with Crippen LogP contribution >= 0.6 is 0 Å². The highest BCUT2D eigenvalue weighted by Crippen LogP contribution is 2.09. The topological polar surface area (TPSA) is 93.2 Å². The van der Waals surface area contributed by atoms with Gasteiger partial charge >= 0.3 is 11.9 Å². The molecule has 2 heterocycles. The van der Waals surface area contributed by atoms with Gasteiger partial charge in [0.15, 0.2) is 0 Å². The van der Waals surface area contributed by atoms with Gasteiger partial charge in [0.25, 0.3) is 0 Å². The molecule has 0 aromatic rings. The molecule has 2 rings (SSSR count). The van der Waals surface area contributed by atoms with Gasteiger partial charge in [0.05, 0.1) is 13.1 Å². The molecule has 0 saturated carbocycles. The van der Waals surface area contributed by atoms with Crippen molar-refractivity contribution in [3.8, 4) is 0 Å². The van der Waals surface area contributed by atoms with E-state index in [2.05, 4.69) is 0 Å². The van der Waals surface area contributed by atoms with Crippen LogP contribution < -0.4 is 0 Å². The zero-order valence-electron chi connectivity index (χ0n) is 13.6. The first-order valence-electron chi connectivity index (χ1n) is 8.13. The summed E-state index contributed by atoms with van der Waals surface area (Å²) in [6.07, 6.45) is 4.75. The third-order valence-electron chi connectivity index (χ3n) is 3.91. The molecule has 2 fully saturated rings. The van der Waals surface area contributed by atoms with E-state index in [-0.39, 0.29) is 25.0 Å².